The number of carbonyl (C=O) groups is 2. The van der Waals surface area contributed by atoms with Crippen molar-refractivity contribution in [1.29, 1.82) is 0 Å². The first kappa shape index (κ1) is 16.8. The molecule has 1 aromatic rings. The second-order valence-corrected chi connectivity index (χ2v) is 6.13. The van der Waals surface area contributed by atoms with Gasteiger partial charge in [-0.1, -0.05) is 12.7 Å². The smallest absolute Gasteiger partial charge is 0.410 e. The molecule has 0 atom stereocenters. The number of hydrogen-bond acceptors (Lipinski definition) is 5. The molecular formula is C16H21N3O4. The van der Waals surface area contributed by atoms with Gasteiger partial charge in [0.25, 0.3) is 5.91 Å². The van der Waals surface area contributed by atoms with Crippen molar-refractivity contribution in [2.24, 2.45) is 0 Å². The SMILES string of the molecule is C=CNC(=O)c1cnc(C2=CCCN(C(=O)OC(C)(C)C)C2)o1. The van der Waals surface area contributed by atoms with E-state index in [9.17, 15) is 9.59 Å². The molecule has 2 rings (SSSR count). The number of carbonyl (C=O) groups excluding carboxylic acids is 2. The predicted octanol–water partition coefficient (Wildman–Crippen LogP) is 2.57. The van der Waals surface area contributed by atoms with Gasteiger partial charge in [-0.15, -0.1) is 0 Å². The van der Waals surface area contributed by atoms with Gasteiger partial charge < -0.3 is 19.4 Å². The van der Waals surface area contributed by atoms with Crippen molar-refractivity contribution in [2.45, 2.75) is 32.8 Å². The van der Waals surface area contributed by atoms with E-state index in [1.807, 2.05) is 26.8 Å². The molecule has 7 nitrogen and oxygen atoms in total. The van der Waals surface area contributed by atoms with Crippen LogP contribution in [0.2, 0.25) is 0 Å². The largest absolute Gasteiger partial charge is 0.444 e. The Labute approximate surface area is 135 Å². The molecule has 23 heavy (non-hydrogen) atoms. The number of oxazole rings is 1. The van der Waals surface area contributed by atoms with Crippen molar-refractivity contribution >= 4 is 17.6 Å². The lowest BCUT2D eigenvalue weighted by atomic mass is 10.1. The molecule has 0 spiro atoms. The number of aromatic nitrogens is 1. The molecule has 1 aromatic heterocycles. The zero-order chi connectivity index (χ0) is 17.0. The van der Waals surface area contributed by atoms with Crippen LogP contribution >= 0.6 is 0 Å². The van der Waals surface area contributed by atoms with E-state index >= 15 is 0 Å². The van der Waals surface area contributed by atoms with Crippen LogP contribution in [0, 0.1) is 0 Å². The third kappa shape index (κ3) is 4.45. The fraction of sp³-hybridized carbons (Fsp3) is 0.438. The van der Waals surface area contributed by atoms with Crippen LogP contribution in [0.1, 0.15) is 43.6 Å². The molecule has 0 aliphatic carbocycles. The first-order valence-corrected chi connectivity index (χ1v) is 7.35. The van der Waals surface area contributed by atoms with Gasteiger partial charge in [0.2, 0.25) is 11.7 Å². The van der Waals surface area contributed by atoms with Crippen LogP contribution in [0.5, 0.6) is 0 Å². The van der Waals surface area contributed by atoms with Gasteiger partial charge in [-0.3, -0.25) is 4.79 Å². The lowest BCUT2D eigenvalue weighted by molar-refractivity contribution is 0.0272. The highest BCUT2D eigenvalue weighted by Gasteiger charge is 2.26. The van der Waals surface area contributed by atoms with E-state index in [1.165, 1.54) is 12.4 Å². The molecule has 0 radical (unpaired) electrons. The number of amides is 2. The summed E-state index contributed by atoms with van der Waals surface area (Å²) in [6, 6.07) is 0. The van der Waals surface area contributed by atoms with Gasteiger partial charge in [-0.05, 0) is 33.4 Å². The number of nitrogens with zero attached hydrogens (tertiary/aromatic N) is 2. The standard InChI is InChI=1S/C16H21N3O4/c1-5-17-13(20)12-9-18-14(22-12)11-7-6-8-19(10-11)15(21)23-16(2,3)4/h5,7,9H,1,6,8,10H2,2-4H3,(H,17,20). The summed E-state index contributed by atoms with van der Waals surface area (Å²) in [6.45, 7) is 9.79. The minimum absolute atomic E-state index is 0.0928. The van der Waals surface area contributed by atoms with Crippen LogP contribution in [0.15, 0.2) is 29.5 Å². The van der Waals surface area contributed by atoms with Crippen molar-refractivity contribution in [3.63, 3.8) is 0 Å². The van der Waals surface area contributed by atoms with Crippen molar-refractivity contribution < 1.29 is 18.7 Å². The molecule has 1 N–H and O–H groups in total. The van der Waals surface area contributed by atoms with E-state index in [2.05, 4.69) is 16.9 Å². The van der Waals surface area contributed by atoms with Crippen molar-refractivity contribution in [3.8, 4) is 0 Å². The molecule has 0 saturated heterocycles. The summed E-state index contributed by atoms with van der Waals surface area (Å²) in [5.41, 5.74) is 0.205. The average Bonchev–Trinajstić information content (AvgIpc) is 2.96. The van der Waals surface area contributed by atoms with Gasteiger partial charge in [-0.25, -0.2) is 9.78 Å². The summed E-state index contributed by atoms with van der Waals surface area (Å²) < 4.78 is 10.8. The fourth-order valence-electron chi connectivity index (χ4n) is 2.07. The topological polar surface area (TPSA) is 84.7 Å². The molecule has 1 aliphatic heterocycles. The fourth-order valence-corrected chi connectivity index (χ4v) is 2.07. The highest BCUT2D eigenvalue weighted by atomic mass is 16.6. The molecule has 2 heterocycles. The molecular weight excluding hydrogens is 298 g/mol. The maximum absolute atomic E-state index is 12.1. The van der Waals surface area contributed by atoms with Crippen LogP contribution in [0.25, 0.3) is 5.57 Å². The van der Waals surface area contributed by atoms with E-state index in [0.717, 1.165) is 5.57 Å². The molecule has 0 bridgehead atoms. The summed E-state index contributed by atoms with van der Waals surface area (Å²) in [5.74, 6) is 0.00169. The highest BCUT2D eigenvalue weighted by molar-refractivity contribution is 5.92. The van der Waals surface area contributed by atoms with Crippen LogP contribution in [0.3, 0.4) is 0 Å². The van der Waals surface area contributed by atoms with Crippen LogP contribution in [0.4, 0.5) is 4.79 Å². The van der Waals surface area contributed by atoms with E-state index in [1.54, 1.807) is 4.90 Å². The monoisotopic (exact) mass is 319 g/mol. The number of nitrogens with one attached hydrogen (secondary N) is 1. The molecule has 2 amide bonds. The first-order chi connectivity index (χ1) is 10.8. The summed E-state index contributed by atoms with van der Waals surface area (Å²) in [7, 11) is 0. The van der Waals surface area contributed by atoms with Crippen LogP contribution < -0.4 is 5.32 Å². The number of hydrogen-bond donors (Lipinski definition) is 1. The molecule has 7 heteroatoms. The summed E-state index contributed by atoms with van der Waals surface area (Å²) >= 11 is 0. The second kappa shape index (κ2) is 6.68. The Morgan fingerprint density at radius 3 is 2.87 bits per heavy atom. The maximum atomic E-state index is 12.1. The third-order valence-corrected chi connectivity index (χ3v) is 3.04. The Hall–Kier alpha value is -2.57. The minimum Gasteiger partial charge on any atom is -0.444 e. The average molecular weight is 319 g/mol. The summed E-state index contributed by atoms with van der Waals surface area (Å²) in [5, 5.41) is 2.42. The molecule has 0 unspecified atom stereocenters. The molecule has 1 aliphatic rings. The Kier molecular flexibility index (Phi) is 4.88. The zero-order valence-electron chi connectivity index (χ0n) is 13.6. The zero-order valence-corrected chi connectivity index (χ0v) is 13.6. The molecule has 0 fully saturated rings. The molecule has 0 saturated carbocycles. The highest BCUT2D eigenvalue weighted by Crippen LogP contribution is 2.22. The van der Waals surface area contributed by atoms with E-state index in [-0.39, 0.29) is 11.9 Å². The van der Waals surface area contributed by atoms with Crippen molar-refractivity contribution in [2.75, 3.05) is 13.1 Å². The van der Waals surface area contributed by atoms with Gasteiger partial charge >= 0.3 is 6.09 Å². The lowest BCUT2D eigenvalue weighted by Crippen LogP contribution is -2.39. The minimum atomic E-state index is -0.544. The molecule has 124 valence electrons. The van der Waals surface area contributed by atoms with Gasteiger partial charge in [-0.2, -0.15) is 0 Å². The summed E-state index contributed by atoms with van der Waals surface area (Å²) in [6.07, 6.45) is 4.86. The van der Waals surface area contributed by atoms with Gasteiger partial charge in [0.15, 0.2) is 0 Å². The first-order valence-electron chi connectivity index (χ1n) is 7.35. The molecule has 0 aromatic carbocycles. The summed E-state index contributed by atoms with van der Waals surface area (Å²) in [4.78, 5) is 29.5. The van der Waals surface area contributed by atoms with E-state index < -0.39 is 11.5 Å². The lowest BCUT2D eigenvalue weighted by Gasteiger charge is -2.29. The normalized spacial score (nSPS) is 14.9. The van der Waals surface area contributed by atoms with Gasteiger partial charge in [0.05, 0.1) is 12.7 Å². The van der Waals surface area contributed by atoms with Crippen molar-refractivity contribution in [1.82, 2.24) is 15.2 Å². The van der Waals surface area contributed by atoms with Crippen LogP contribution in [-0.2, 0) is 4.74 Å². The number of rotatable bonds is 3. The Balaban J connectivity index is 2.07. The van der Waals surface area contributed by atoms with E-state index in [0.29, 0.717) is 25.4 Å². The van der Waals surface area contributed by atoms with Crippen LogP contribution in [-0.4, -0.2) is 40.6 Å². The Bertz CT molecular complexity index is 640. The quantitative estimate of drug-likeness (QED) is 0.925. The number of ether oxygens (including phenoxy) is 1. The Morgan fingerprint density at radius 2 is 2.22 bits per heavy atom. The van der Waals surface area contributed by atoms with E-state index in [4.69, 9.17) is 9.15 Å². The van der Waals surface area contributed by atoms with Crippen molar-refractivity contribution in [3.05, 3.63) is 36.7 Å². The van der Waals surface area contributed by atoms with Gasteiger partial charge in [0, 0.05) is 12.1 Å². The maximum Gasteiger partial charge on any atom is 0.410 e. The Morgan fingerprint density at radius 1 is 1.48 bits per heavy atom. The van der Waals surface area contributed by atoms with Gasteiger partial charge in [0.1, 0.15) is 5.60 Å². The predicted molar refractivity (Wildman–Crippen MR) is 84.6 cm³/mol. The third-order valence-electron chi connectivity index (χ3n) is 3.04. The second-order valence-electron chi connectivity index (χ2n) is 6.13.